The van der Waals surface area contributed by atoms with Crippen LogP contribution in [0, 0.1) is 11.7 Å². The Kier molecular flexibility index (Phi) is 5.44. The van der Waals surface area contributed by atoms with Crippen LogP contribution in [-0.4, -0.2) is 14.8 Å². The van der Waals surface area contributed by atoms with Gasteiger partial charge in [0.05, 0.1) is 10.5 Å². The van der Waals surface area contributed by atoms with Gasteiger partial charge in [-0.1, -0.05) is 19.9 Å². The van der Waals surface area contributed by atoms with Crippen molar-refractivity contribution in [3.63, 3.8) is 0 Å². The molecule has 1 unspecified atom stereocenters. The van der Waals surface area contributed by atoms with Crippen LogP contribution in [0.2, 0.25) is 0 Å². The Morgan fingerprint density at radius 3 is 2.81 bits per heavy atom. The van der Waals surface area contributed by atoms with Crippen LogP contribution in [0.1, 0.15) is 31.3 Å². The van der Waals surface area contributed by atoms with Gasteiger partial charge in [-0.3, -0.25) is 11.3 Å². The lowest BCUT2D eigenvalue weighted by atomic mass is 10.0. The largest absolute Gasteiger partial charge is 0.271 e. The summed E-state index contributed by atoms with van der Waals surface area (Å²) >= 11 is 3.19. The molecule has 0 radical (unpaired) electrons. The van der Waals surface area contributed by atoms with Crippen LogP contribution < -0.4 is 11.3 Å². The Hall–Kier alpha value is -1.31. The minimum Gasteiger partial charge on any atom is -0.271 e. The highest BCUT2D eigenvalue weighted by Crippen LogP contribution is 2.23. The van der Waals surface area contributed by atoms with E-state index in [9.17, 15) is 4.39 Å². The van der Waals surface area contributed by atoms with E-state index in [2.05, 4.69) is 45.3 Å². The molecule has 0 saturated heterocycles. The first kappa shape index (κ1) is 16.1. The molecular formula is C14H19BrFN5. The number of aromatic nitrogens is 3. The molecule has 1 heterocycles. The summed E-state index contributed by atoms with van der Waals surface area (Å²) < 4.78 is 15.6. The van der Waals surface area contributed by atoms with Crippen LogP contribution in [0.15, 0.2) is 29.0 Å². The molecule has 2 aromatic rings. The molecule has 2 rings (SSSR count). The van der Waals surface area contributed by atoms with E-state index in [4.69, 9.17) is 5.84 Å². The zero-order valence-electron chi connectivity index (χ0n) is 12.1. The van der Waals surface area contributed by atoms with Crippen LogP contribution in [0.5, 0.6) is 0 Å². The first-order valence-corrected chi connectivity index (χ1v) is 7.58. The lowest BCUT2D eigenvalue weighted by Crippen LogP contribution is -2.30. The minimum absolute atomic E-state index is 0.156. The molecule has 1 aromatic heterocycles. The van der Waals surface area contributed by atoms with Crippen LogP contribution in [0.25, 0.3) is 0 Å². The minimum atomic E-state index is -0.294. The van der Waals surface area contributed by atoms with Crippen molar-refractivity contribution in [2.75, 3.05) is 0 Å². The van der Waals surface area contributed by atoms with Crippen LogP contribution in [-0.2, 0) is 13.0 Å². The summed E-state index contributed by atoms with van der Waals surface area (Å²) in [6.45, 7) is 5.06. The van der Waals surface area contributed by atoms with E-state index in [1.165, 1.54) is 6.07 Å². The summed E-state index contributed by atoms with van der Waals surface area (Å²) in [5.41, 5.74) is 3.65. The summed E-state index contributed by atoms with van der Waals surface area (Å²) in [6.07, 6.45) is 2.13. The van der Waals surface area contributed by atoms with E-state index in [0.29, 0.717) is 16.8 Å². The number of nitrogens with two attached hydrogens (primary N) is 1. The van der Waals surface area contributed by atoms with Gasteiger partial charge in [-0.2, -0.15) is 5.10 Å². The first-order valence-electron chi connectivity index (χ1n) is 6.79. The molecule has 0 saturated carbocycles. The van der Waals surface area contributed by atoms with Crippen molar-refractivity contribution in [1.29, 1.82) is 0 Å². The van der Waals surface area contributed by atoms with Gasteiger partial charge >= 0.3 is 0 Å². The van der Waals surface area contributed by atoms with Crippen molar-refractivity contribution in [2.24, 2.45) is 11.8 Å². The summed E-state index contributed by atoms with van der Waals surface area (Å²) in [4.78, 5) is 4.29. The predicted octanol–water partition coefficient (Wildman–Crippen LogP) is 2.58. The highest BCUT2D eigenvalue weighted by molar-refractivity contribution is 9.10. The average Bonchev–Trinajstić information content (AvgIpc) is 2.85. The number of hydrogen-bond acceptors (Lipinski definition) is 4. The summed E-state index contributed by atoms with van der Waals surface area (Å²) in [5, 5.41) is 4.24. The van der Waals surface area contributed by atoms with Gasteiger partial charge in [0.1, 0.15) is 18.0 Å². The van der Waals surface area contributed by atoms with Crippen molar-refractivity contribution in [2.45, 2.75) is 32.9 Å². The molecule has 114 valence electrons. The molecule has 0 bridgehead atoms. The number of halogens is 2. The zero-order chi connectivity index (χ0) is 15.4. The molecule has 0 aliphatic rings. The number of rotatable bonds is 6. The maximum absolute atomic E-state index is 13.3. The molecular weight excluding hydrogens is 337 g/mol. The van der Waals surface area contributed by atoms with Crippen molar-refractivity contribution in [3.05, 3.63) is 46.2 Å². The molecule has 0 spiro atoms. The third-order valence-electron chi connectivity index (χ3n) is 3.17. The fourth-order valence-electron chi connectivity index (χ4n) is 2.13. The van der Waals surface area contributed by atoms with Crippen molar-refractivity contribution >= 4 is 15.9 Å². The highest BCUT2D eigenvalue weighted by atomic mass is 79.9. The molecule has 0 aliphatic carbocycles. The molecule has 1 atom stereocenters. The van der Waals surface area contributed by atoms with E-state index < -0.39 is 0 Å². The molecule has 0 fully saturated rings. The Bertz CT molecular complexity index is 599. The molecule has 0 aliphatic heterocycles. The molecule has 21 heavy (non-hydrogen) atoms. The summed E-state index contributed by atoms with van der Waals surface area (Å²) in [7, 11) is 0. The second-order valence-corrected chi connectivity index (χ2v) is 6.20. The third-order valence-corrected chi connectivity index (χ3v) is 3.78. The highest BCUT2D eigenvalue weighted by Gasteiger charge is 2.16. The quantitative estimate of drug-likeness (QED) is 0.617. The van der Waals surface area contributed by atoms with Gasteiger partial charge in [0.15, 0.2) is 0 Å². The van der Waals surface area contributed by atoms with Crippen LogP contribution in [0.4, 0.5) is 4.39 Å². The number of hydrazine groups is 1. The Morgan fingerprint density at radius 1 is 1.43 bits per heavy atom. The zero-order valence-corrected chi connectivity index (χ0v) is 13.6. The van der Waals surface area contributed by atoms with Gasteiger partial charge in [-0.15, -0.1) is 0 Å². The van der Waals surface area contributed by atoms with Crippen molar-refractivity contribution < 1.29 is 4.39 Å². The van der Waals surface area contributed by atoms with Gasteiger partial charge < -0.3 is 0 Å². The third kappa shape index (κ3) is 4.09. The van der Waals surface area contributed by atoms with E-state index in [1.54, 1.807) is 18.5 Å². The Balaban J connectivity index is 2.19. The average molecular weight is 356 g/mol. The SMILES string of the molecule is CC(C)Cn1ncnc1CC(NN)c1ccc(F)c(Br)c1. The van der Waals surface area contributed by atoms with E-state index in [1.807, 2.05) is 4.68 Å². The van der Waals surface area contributed by atoms with Gasteiger partial charge in [-0.25, -0.2) is 14.1 Å². The normalized spacial score (nSPS) is 12.9. The lowest BCUT2D eigenvalue weighted by molar-refractivity contribution is 0.446. The Labute approximate surface area is 131 Å². The lowest BCUT2D eigenvalue weighted by Gasteiger charge is -2.17. The smallest absolute Gasteiger partial charge is 0.138 e. The van der Waals surface area contributed by atoms with Gasteiger partial charge in [0.25, 0.3) is 0 Å². The van der Waals surface area contributed by atoms with Crippen LogP contribution in [0.3, 0.4) is 0 Å². The molecule has 7 heteroatoms. The molecule has 1 aromatic carbocycles. The summed E-state index contributed by atoms with van der Waals surface area (Å²) in [6, 6.07) is 4.70. The number of hydrogen-bond donors (Lipinski definition) is 2. The van der Waals surface area contributed by atoms with Gasteiger partial charge in [0.2, 0.25) is 0 Å². The monoisotopic (exact) mass is 355 g/mol. The second-order valence-electron chi connectivity index (χ2n) is 5.35. The van der Waals surface area contributed by atoms with E-state index in [-0.39, 0.29) is 11.9 Å². The number of nitrogens with one attached hydrogen (secondary N) is 1. The van der Waals surface area contributed by atoms with Crippen LogP contribution >= 0.6 is 15.9 Å². The second kappa shape index (κ2) is 7.11. The first-order chi connectivity index (χ1) is 10.0. The molecule has 0 amide bonds. The van der Waals surface area contributed by atoms with Crippen molar-refractivity contribution in [1.82, 2.24) is 20.2 Å². The fraction of sp³-hybridized carbons (Fsp3) is 0.429. The summed E-state index contributed by atoms with van der Waals surface area (Å²) in [5.74, 6) is 6.69. The fourth-order valence-corrected chi connectivity index (χ4v) is 2.53. The van der Waals surface area contributed by atoms with E-state index >= 15 is 0 Å². The standard InChI is InChI=1S/C14H19BrFN5/c1-9(2)7-21-14(18-8-19-21)6-13(20-17)10-3-4-12(16)11(15)5-10/h3-5,8-9,13,20H,6-7,17H2,1-2H3. The number of benzene rings is 1. The molecule has 3 N–H and O–H groups in total. The van der Waals surface area contributed by atoms with E-state index in [0.717, 1.165) is 17.9 Å². The number of nitrogens with zero attached hydrogens (tertiary/aromatic N) is 3. The predicted molar refractivity (Wildman–Crippen MR) is 82.7 cm³/mol. The maximum atomic E-state index is 13.3. The maximum Gasteiger partial charge on any atom is 0.138 e. The Morgan fingerprint density at radius 2 is 2.19 bits per heavy atom. The van der Waals surface area contributed by atoms with Gasteiger partial charge in [0, 0.05) is 13.0 Å². The van der Waals surface area contributed by atoms with Gasteiger partial charge in [-0.05, 0) is 39.5 Å². The molecule has 5 nitrogen and oxygen atoms in total. The van der Waals surface area contributed by atoms with Crippen molar-refractivity contribution in [3.8, 4) is 0 Å². The topological polar surface area (TPSA) is 68.8 Å².